The van der Waals surface area contributed by atoms with Crippen molar-refractivity contribution in [1.82, 2.24) is 0 Å². The highest BCUT2D eigenvalue weighted by atomic mass is 79.9. The van der Waals surface area contributed by atoms with Crippen molar-refractivity contribution in [1.29, 1.82) is 0 Å². The van der Waals surface area contributed by atoms with Crippen molar-refractivity contribution in [3.63, 3.8) is 0 Å². The molecule has 5 heteroatoms. The van der Waals surface area contributed by atoms with Crippen LogP contribution < -0.4 is 5.32 Å². The number of halogens is 2. The molecule has 1 unspecified atom stereocenters. The Morgan fingerprint density at radius 3 is 2.78 bits per heavy atom. The number of benzene rings is 2. The smallest absolute Gasteiger partial charge is 0.330 e. The highest BCUT2D eigenvalue weighted by Gasteiger charge is 2.11. The van der Waals surface area contributed by atoms with Crippen molar-refractivity contribution in [2.75, 3.05) is 12.4 Å². The molecule has 0 aliphatic carbocycles. The van der Waals surface area contributed by atoms with Gasteiger partial charge in [-0.1, -0.05) is 34.1 Å². The number of hydrogen-bond donors (Lipinski definition) is 1. The third-order valence-electron chi connectivity index (χ3n) is 3.31. The van der Waals surface area contributed by atoms with Crippen LogP contribution in [0.1, 0.15) is 24.1 Å². The maximum atomic E-state index is 14.0. The van der Waals surface area contributed by atoms with Crippen molar-refractivity contribution in [2.24, 2.45) is 0 Å². The van der Waals surface area contributed by atoms with E-state index in [4.69, 9.17) is 0 Å². The van der Waals surface area contributed by atoms with Crippen LogP contribution in [-0.4, -0.2) is 13.1 Å². The quantitative estimate of drug-likeness (QED) is 0.591. The largest absolute Gasteiger partial charge is 0.466 e. The van der Waals surface area contributed by atoms with E-state index in [-0.39, 0.29) is 11.9 Å². The van der Waals surface area contributed by atoms with Gasteiger partial charge in [-0.2, -0.15) is 0 Å². The summed E-state index contributed by atoms with van der Waals surface area (Å²) in [7, 11) is 1.33. The van der Waals surface area contributed by atoms with Gasteiger partial charge in [0.05, 0.1) is 13.2 Å². The zero-order chi connectivity index (χ0) is 16.8. The minimum absolute atomic E-state index is 0.192. The highest BCUT2D eigenvalue weighted by molar-refractivity contribution is 9.10. The minimum Gasteiger partial charge on any atom is -0.466 e. The second kappa shape index (κ2) is 7.92. The Bertz CT molecular complexity index is 731. The van der Waals surface area contributed by atoms with E-state index in [0.29, 0.717) is 10.0 Å². The minimum atomic E-state index is -0.409. The van der Waals surface area contributed by atoms with Crippen LogP contribution in [0.2, 0.25) is 0 Å². The Hall–Kier alpha value is -2.14. The molecular formula is C18H17BrFNO2. The lowest BCUT2D eigenvalue weighted by atomic mass is 10.1. The van der Waals surface area contributed by atoms with E-state index in [1.54, 1.807) is 12.1 Å². The molecule has 120 valence electrons. The van der Waals surface area contributed by atoms with Gasteiger partial charge in [0.2, 0.25) is 0 Å². The molecule has 0 fully saturated rings. The van der Waals surface area contributed by atoms with Gasteiger partial charge in [-0.3, -0.25) is 0 Å². The Morgan fingerprint density at radius 2 is 2.09 bits per heavy atom. The van der Waals surface area contributed by atoms with Gasteiger partial charge in [0.1, 0.15) is 5.82 Å². The van der Waals surface area contributed by atoms with Crippen molar-refractivity contribution in [2.45, 2.75) is 13.0 Å². The molecule has 0 amide bonds. The number of rotatable bonds is 5. The van der Waals surface area contributed by atoms with E-state index >= 15 is 0 Å². The summed E-state index contributed by atoms with van der Waals surface area (Å²) in [5.74, 6) is -0.671. The summed E-state index contributed by atoms with van der Waals surface area (Å²) in [6.07, 6.45) is 3.03. The van der Waals surface area contributed by atoms with E-state index in [0.717, 1.165) is 11.3 Å². The van der Waals surface area contributed by atoms with Crippen LogP contribution >= 0.6 is 15.9 Å². The number of anilines is 1. The molecule has 1 atom stereocenters. The lowest BCUT2D eigenvalue weighted by Crippen LogP contribution is -2.08. The lowest BCUT2D eigenvalue weighted by molar-refractivity contribution is -0.134. The van der Waals surface area contributed by atoms with Crippen molar-refractivity contribution in [3.05, 3.63) is 70.0 Å². The average Bonchev–Trinajstić information content (AvgIpc) is 2.52. The van der Waals surface area contributed by atoms with E-state index < -0.39 is 5.97 Å². The molecule has 3 nitrogen and oxygen atoms in total. The van der Waals surface area contributed by atoms with E-state index in [9.17, 15) is 9.18 Å². The van der Waals surface area contributed by atoms with E-state index in [1.807, 2.05) is 37.3 Å². The van der Waals surface area contributed by atoms with Gasteiger partial charge in [-0.15, -0.1) is 0 Å². The predicted octanol–water partition coefficient (Wildman–Crippen LogP) is 4.95. The lowest BCUT2D eigenvalue weighted by Gasteiger charge is -2.17. The number of hydrogen-bond acceptors (Lipinski definition) is 3. The van der Waals surface area contributed by atoms with Crippen LogP contribution in [0.15, 0.2) is 53.0 Å². The molecule has 0 aromatic heterocycles. The Labute approximate surface area is 143 Å². The number of methoxy groups -OCH3 is 1. The number of carbonyl (C=O) groups is 1. The molecule has 23 heavy (non-hydrogen) atoms. The Kier molecular flexibility index (Phi) is 5.93. The fourth-order valence-electron chi connectivity index (χ4n) is 2.14. The molecule has 2 aromatic carbocycles. The zero-order valence-corrected chi connectivity index (χ0v) is 14.4. The first-order valence-corrected chi connectivity index (χ1v) is 7.86. The van der Waals surface area contributed by atoms with Crippen LogP contribution in [0.5, 0.6) is 0 Å². The van der Waals surface area contributed by atoms with Crippen molar-refractivity contribution < 1.29 is 13.9 Å². The summed E-state index contributed by atoms with van der Waals surface area (Å²) in [4.78, 5) is 11.1. The van der Waals surface area contributed by atoms with Crippen molar-refractivity contribution in [3.8, 4) is 0 Å². The van der Waals surface area contributed by atoms with Crippen LogP contribution in [0.4, 0.5) is 10.1 Å². The van der Waals surface area contributed by atoms with Crippen LogP contribution in [0.3, 0.4) is 0 Å². The molecule has 0 saturated carbocycles. The van der Waals surface area contributed by atoms with Crippen molar-refractivity contribution >= 4 is 33.7 Å². The first kappa shape index (κ1) is 17.2. The standard InChI is InChI=1S/C18H17BrFNO2/c1-12(16-8-7-14(19)11-17(16)20)21-15-5-3-4-13(10-15)6-9-18(22)23-2/h3-12,21H,1-2H3/b9-6+. The molecule has 0 spiro atoms. The zero-order valence-electron chi connectivity index (χ0n) is 12.8. The number of nitrogens with one attached hydrogen (secondary N) is 1. The first-order valence-electron chi connectivity index (χ1n) is 7.07. The summed E-state index contributed by atoms with van der Waals surface area (Å²) in [6, 6.07) is 12.3. The van der Waals surface area contributed by atoms with Crippen LogP contribution in [0, 0.1) is 5.82 Å². The van der Waals surface area contributed by atoms with Gasteiger partial charge in [0, 0.05) is 21.8 Å². The predicted molar refractivity (Wildman–Crippen MR) is 93.6 cm³/mol. The van der Waals surface area contributed by atoms with Gasteiger partial charge >= 0.3 is 5.97 Å². The Morgan fingerprint density at radius 1 is 1.30 bits per heavy atom. The van der Waals surface area contributed by atoms with E-state index in [1.165, 1.54) is 19.3 Å². The number of esters is 1. The number of ether oxygens (including phenoxy) is 1. The van der Waals surface area contributed by atoms with Gasteiger partial charge in [0.25, 0.3) is 0 Å². The van der Waals surface area contributed by atoms with Gasteiger partial charge in [-0.05, 0) is 42.8 Å². The summed E-state index contributed by atoms with van der Waals surface area (Å²) in [6.45, 7) is 1.89. The average molecular weight is 378 g/mol. The summed E-state index contributed by atoms with van der Waals surface area (Å²) in [5.41, 5.74) is 2.28. The van der Waals surface area contributed by atoms with Gasteiger partial charge in [0.15, 0.2) is 0 Å². The summed E-state index contributed by atoms with van der Waals surface area (Å²) >= 11 is 3.25. The second-order valence-corrected chi connectivity index (χ2v) is 5.93. The molecule has 0 heterocycles. The first-order chi connectivity index (χ1) is 11.0. The fraction of sp³-hybridized carbons (Fsp3) is 0.167. The SMILES string of the molecule is COC(=O)/C=C/c1cccc(NC(C)c2ccc(Br)cc2F)c1. The third kappa shape index (κ3) is 4.93. The molecule has 1 N–H and O–H groups in total. The normalized spacial score (nSPS) is 12.2. The second-order valence-electron chi connectivity index (χ2n) is 5.01. The molecule has 2 aromatic rings. The molecule has 0 bridgehead atoms. The highest BCUT2D eigenvalue weighted by Crippen LogP contribution is 2.24. The summed E-state index contributed by atoms with van der Waals surface area (Å²) < 4.78 is 19.3. The molecule has 0 aliphatic heterocycles. The summed E-state index contributed by atoms with van der Waals surface area (Å²) in [5, 5.41) is 3.26. The van der Waals surface area contributed by atoms with Crippen LogP contribution in [0.25, 0.3) is 6.08 Å². The monoisotopic (exact) mass is 377 g/mol. The van der Waals surface area contributed by atoms with Gasteiger partial charge in [-0.25, -0.2) is 9.18 Å². The fourth-order valence-corrected chi connectivity index (χ4v) is 2.48. The third-order valence-corrected chi connectivity index (χ3v) is 3.81. The molecule has 0 radical (unpaired) electrons. The Balaban J connectivity index is 2.13. The van der Waals surface area contributed by atoms with Gasteiger partial charge < -0.3 is 10.1 Å². The van der Waals surface area contributed by atoms with E-state index in [2.05, 4.69) is 26.0 Å². The molecule has 2 rings (SSSR count). The molecule has 0 aliphatic rings. The maximum Gasteiger partial charge on any atom is 0.330 e. The number of carbonyl (C=O) groups excluding carboxylic acids is 1. The maximum absolute atomic E-state index is 14.0. The van der Waals surface area contributed by atoms with Crippen LogP contribution in [-0.2, 0) is 9.53 Å². The topological polar surface area (TPSA) is 38.3 Å². The molecular weight excluding hydrogens is 361 g/mol. The molecule has 0 saturated heterocycles.